The molecule has 0 spiro atoms. The number of halogens is 2. The molecule has 23 heavy (non-hydrogen) atoms. The molecule has 0 aliphatic carbocycles. The molecule has 1 N–H and O–H groups in total. The van der Waals surface area contributed by atoms with Crippen molar-refractivity contribution in [3.8, 4) is 5.75 Å². The second kappa shape index (κ2) is 7.59. The Morgan fingerprint density at radius 2 is 2.26 bits per heavy atom. The van der Waals surface area contributed by atoms with E-state index in [9.17, 15) is 13.6 Å². The smallest absolute Gasteiger partial charge is 0.407 e. The minimum Gasteiger partial charge on any atom is -0.492 e. The molecule has 0 bridgehead atoms. The lowest BCUT2D eigenvalue weighted by atomic mass is 10.1. The maximum Gasteiger partial charge on any atom is 0.407 e. The Bertz CT molecular complexity index is 540. The van der Waals surface area contributed by atoms with E-state index in [0.29, 0.717) is 38.4 Å². The Morgan fingerprint density at radius 3 is 2.91 bits per heavy atom. The van der Waals surface area contributed by atoms with Gasteiger partial charge in [-0.3, -0.25) is 4.90 Å². The molecule has 0 aromatic heterocycles. The van der Waals surface area contributed by atoms with E-state index in [-0.39, 0.29) is 13.0 Å². The highest BCUT2D eigenvalue weighted by Crippen LogP contribution is 2.26. The number of amides is 1. The minimum atomic E-state index is -2.57. The van der Waals surface area contributed by atoms with Crippen molar-refractivity contribution in [1.29, 1.82) is 0 Å². The monoisotopic (exact) mass is 328 g/mol. The average molecular weight is 328 g/mol. The van der Waals surface area contributed by atoms with Crippen LogP contribution in [0.25, 0.3) is 0 Å². The highest BCUT2D eigenvalue weighted by molar-refractivity contribution is 5.64. The summed E-state index contributed by atoms with van der Waals surface area (Å²) < 4.78 is 31.8. The lowest BCUT2D eigenvalue weighted by Gasteiger charge is -2.16. The first-order chi connectivity index (χ1) is 10.9. The van der Waals surface area contributed by atoms with E-state index in [1.807, 2.05) is 24.3 Å². The van der Waals surface area contributed by atoms with Gasteiger partial charge in [-0.05, 0) is 24.1 Å². The molecule has 128 valence electrons. The number of hydrogen-bond donors (Lipinski definition) is 1. The molecule has 1 aliphatic rings. The summed E-state index contributed by atoms with van der Waals surface area (Å²) in [6, 6.07) is 7.41. The lowest BCUT2D eigenvalue weighted by molar-refractivity contribution is 0.0113. The van der Waals surface area contributed by atoms with Gasteiger partial charge in [0.05, 0.1) is 6.54 Å². The van der Waals surface area contributed by atoms with Crippen LogP contribution in [0.4, 0.5) is 13.6 Å². The number of carboxylic acid groups (broad SMARTS) is 1. The standard InChI is InChI=1S/C16H22F2N2O3/c1-19(15(21)22)7-5-13-3-2-4-14(11-13)23-10-9-20-8-6-16(17,18)12-20/h2-4,11H,5-10,12H2,1H3,(H,21,22). The summed E-state index contributed by atoms with van der Waals surface area (Å²) in [7, 11) is 1.52. The summed E-state index contributed by atoms with van der Waals surface area (Å²) in [6.45, 7) is 1.44. The van der Waals surface area contributed by atoms with Gasteiger partial charge < -0.3 is 14.7 Å². The molecule has 1 saturated heterocycles. The third-order valence-electron chi connectivity index (χ3n) is 3.89. The molecule has 0 atom stereocenters. The summed E-state index contributed by atoms with van der Waals surface area (Å²) >= 11 is 0. The van der Waals surface area contributed by atoms with Gasteiger partial charge in [0.2, 0.25) is 0 Å². The maximum absolute atomic E-state index is 13.1. The van der Waals surface area contributed by atoms with E-state index < -0.39 is 12.0 Å². The average Bonchev–Trinajstić information content (AvgIpc) is 2.84. The second-order valence-electron chi connectivity index (χ2n) is 5.83. The van der Waals surface area contributed by atoms with Gasteiger partial charge in [-0.1, -0.05) is 12.1 Å². The van der Waals surface area contributed by atoms with E-state index in [1.54, 1.807) is 4.90 Å². The molecule has 2 rings (SSSR count). The van der Waals surface area contributed by atoms with Gasteiger partial charge in [0.15, 0.2) is 0 Å². The van der Waals surface area contributed by atoms with E-state index in [2.05, 4.69) is 0 Å². The van der Waals surface area contributed by atoms with E-state index >= 15 is 0 Å². The molecule has 1 amide bonds. The van der Waals surface area contributed by atoms with Gasteiger partial charge in [0, 0.05) is 33.1 Å². The normalized spacial score (nSPS) is 17.2. The van der Waals surface area contributed by atoms with Crippen LogP contribution in [0.5, 0.6) is 5.75 Å². The van der Waals surface area contributed by atoms with Crippen LogP contribution in [0.15, 0.2) is 24.3 Å². The second-order valence-corrected chi connectivity index (χ2v) is 5.83. The van der Waals surface area contributed by atoms with Crippen molar-refractivity contribution in [3.63, 3.8) is 0 Å². The molecule has 0 radical (unpaired) electrons. The molecular formula is C16H22F2N2O3. The van der Waals surface area contributed by atoms with E-state index in [4.69, 9.17) is 9.84 Å². The van der Waals surface area contributed by atoms with Crippen molar-refractivity contribution in [2.75, 3.05) is 39.8 Å². The van der Waals surface area contributed by atoms with E-state index in [1.165, 1.54) is 11.9 Å². The minimum absolute atomic E-state index is 0.0837. The molecule has 5 nitrogen and oxygen atoms in total. The van der Waals surface area contributed by atoms with Crippen molar-refractivity contribution in [1.82, 2.24) is 9.80 Å². The molecule has 1 aliphatic heterocycles. The number of hydrogen-bond acceptors (Lipinski definition) is 3. The first kappa shape index (κ1) is 17.5. The fourth-order valence-corrected chi connectivity index (χ4v) is 2.47. The quantitative estimate of drug-likeness (QED) is 0.836. The van der Waals surface area contributed by atoms with E-state index in [0.717, 1.165) is 5.56 Å². The van der Waals surface area contributed by atoms with Crippen molar-refractivity contribution < 1.29 is 23.4 Å². The number of ether oxygens (including phenoxy) is 1. The van der Waals surface area contributed by atoms with Crippen LogP contribution in [0.1, 0.15) is 12.0 Å². The first-order valence-corrected chi connectivity index (χ1v) is 7.62. The number of rotatable bonds is 7. The first-order valence-electron chi connectivity index (χ1n) is 7.62. The third kappa shape index (κ3) is 5.67. The number of alkyl halides is 2. The van der Waals surface area contributed by atoms with Gasteiger partial charge in [0.1, 0.15) is 12.4 Å². The van der Waals surface area contributed by atoms with Crippen LogP contribution < -0.4 is 4.74 Å². The molecule has 1 fully saturated rings. The summed E-state index contributed by atoms with van der Waals surface area (Å²) in [4.78, 5) is 13.7. The van der Waals surface area contributed by atoms with Gasteiger partial charge in [-0.15, -0.1) is 0 Å². The van der Waals surface area contributed by atoms with Crippen molar-refractivity contribution in [3.05, 3.63) is 29.8 Å². The van der Waals surface area contributed by atoms with Gasteiger partial charge in [-0.2, -0.15) is 0 Å². The number of carbonyl (C=O) groups is 1. The fourth-order valence-electron chi connectivity index (χ4n) is 2.47. The summed E-state index contributed by atoms with van der Waals surface area (Å²) in [5.74, 6) is -1.90. The van der Waals surface area contributed by atoms with Gasteiger partial charge in [-0.25, -0.2) is 13.6 Å². The molecule has 0 unspecified atom stereocenters. The van der Waals surface area contributed by atoms with Gasteiger partial charge in [0.25, 0.3) is 5.92 Å². The van der Waals surface area contributed by atoms with Crippen LogP contribution in [0, 0.1) is 0 Å². The summed E-state index contributed by atoms with van der Waals surface area (Å²) in [5, 5.41) is 8.81. The Morgan fingerprint density at radius 1 is 1.48 bits per heavy atom. The van der Waals surface area contributed by atoms with Crippen molar-refractivity contribution in [2.45, 2.75) is 18.8 Å². The maximum atomic E-state index is 13.1. The Labute approximate surface area is 134 Å². The van der Waals surface area contributed by atoms with Crippen LogP contribution >= 0.6 is 0 Å². The predicted molar refractivity (Wildman–Crippen MR) is 82.3 cm³/mol. The zero-order valence-corrected chi connectivity index (χ0v) is 13.2. The predicted octanol–water partition coefficient (Wildman–Crippen LogP) is 2.56. The molecule has 0 saturated carbocycles. The molecule has 1 heterocycles. The highest BCUT2D eigenvalue weighted by atomic mass is 19.3. The highest BCUT2D eigenvalue weighted by Gasteiger charge is 2.37. The summed E-state index contributed by atoms with van der Waals surface area (Å²) in [6.07, 6.45) is -0.447. The topological polar surface area (TPSA) is 53.0 Å². The Kier molecular flexibility index (Phi) is 5.76. The Balaban J connectivity index is 1.75. The van der Waals surface area contributed by atoms with Crippen LogP contribution in [0.3, 0.4) is 0 Å². The zero-order chi connectivity index (χ0) is 16.9. The molecule has 1 aromatic rings. The van der Waals surface area contributed by atoms with Crippen molar-refractivity contribution >= 4 is 6.09 Å². The van der Waals surface area contributed by atoms with Crippen LogP contribution in [0.2, 0.25) is 0 Å². The number of benzene rings is 1. The lowest BCUT2D eigenvalue weighted by Crippen LogP contribution is -2.29. The fraction of sp³-hybridized carbons (Fsp3) is 0.562. The van der Waals surface area contributed by atoms with Crippen LogP contribution in [-0.4, -0.2) is 66.8 Å². The zero-order valence-electron chi connectivity index (χ0n) is 13.2. The molecular weight excluding hydrogens is 306 g/mol. The largest absolute Gasteiger partial charge is 0.492 e. The van der Waals surface area contributed by atoms with Gasteiger partial charge >= 0.3 is 6.09 Å². The number of nitrogens with zero attached hydrogens (tertiary/aromatic N) is 2. The molecule has 7 heteroatoms. The molecule has 1 aromatic carbocycles. The number of likely N-dealkylation sites (tertiary alicyclic amines) is 1. The number of likely N-dealkylation sites (N-methyl/N-ethyl adjacent to an activating group) is 1. The third-order valence-corrected chi connectivity index (χ3v) is 3.89. The van der Waals surface area contributed by atoms with Crippen LogP contribution in [-0.2, 0) is 6.42 Å². The Hall–Kier alpha value is -1.89. The SMILES string of the molecule is CN(CCc1cccc(OCCN2CCC(F)(F)C2)c1)C(=O)O. The van der Waals surface area contributed by atoms with Crippen molar-refractivity contribution in [2.24, 2.45) is 0 Å². The summed E-state index contributed by atoms with van der Waals surface area (Å²) in [5.41, 5.74) is 0.975.